The van der Waals surface area contributed by atoms with Crippen molar-refractivity contribution in [1.29, 1.82) is 5.26 Å². The number of aromatic nitrogens is 1. The van der Waals surface area contributed by atoms with Crippen LogP contribution in [0.1, 0.15) is 43.5 Å². The van der Waals surface area contributed by atoms with Gasteiger partial charge < -0.3 is 9.52 Å². The van der Waals surface area contributed by atoms with Crippen molar-refractivity contribution >= 4 is 28.7 Å². The van der Waals surface area contributed by atoms with E-state index >= 15 is 0 Å². The van der Waals surface area contributed by atoms with Gasteiger partial charge in [0.15, 0.2) is 5.76 Å². The lowest BCUT2D eigenvalue weighted by Crippen LogP contribution is -2.30. The van der Waals surface area contributed by atoms with Crippen LogP contribution in [-0.4, -0.2) is 21.8 Å². The smallest absolute Gasteiger partial charge is 0.294 e. The van der Waals surface area contributed by atoms with E-state index in [4.69, 9.17) is 9.68 Å². The Morgan fingerprint density at radius 1 is 1.20 bits per heavy atom. The molecule has 0 bridgehead atoms. The lowest BCUT2D eigenvalue weighted by molar-refractivity contribution is -0.117. The van der Waals surface area contributed by atoms with Crippen LogP contribution in [0.5, 0.6) is 0 Å². The van der Waals surface area contributed by atoms with Crippen molar-refractivity contribution in [3.05, 3.63) is 80.4 Å². The van der Waals surface area contributed by atoms with Gasteiger partial charge in [0, 0.05) is 5.69 Å². The average molecular weight is 419 g/mol. The maximum Gasteiger partial charge on any atom is 0.294 e. The summed E-state index contributed by atoms with van der Waals surface area (Å²) in [6, 6.07) is 10.8. The van der Waals surface area contributed by atoms with Crippen LogP contribution < -0.4 is 4.90 Å². The minimum Gasteiger partial charge on any atom is -0.503 e. The first kappa shape index (κ1) is 19.6. The van der Waals surface area contributed by atoms with E-state index in [1.807, 2.05) is 6.07 Å². The van der Waals surface area contributed by atoms with Crippen molar-refractivity contribution in [2.45, 2.75) is 26.8 Å². The third-order valence-electron chi connectivity index (χ3n) is 4.87. The van der Waals surface area contributed by atoms with Crippen LogP contribution in [0.2, 0.25) is 0 Å². The number of rotatable bonds is 4. The number of benzene rings is 1. The van der Waals surface area contributed by atoms with Crippen LogP contribution in [0.3, 0.4) is 0 Å². The van der Waals surface area contributed by atoms with Gasteiger partial charge in [-0.15, -0.1) is 11.3 Å². The average Bonchev–Trinajstić information content (AvgIpc) is 3.38. The Balaban J connectivity index is 1.87. The van der Waals surface area contributed by atoms with Crippen molar-refractivity contribution in [2.24, 2.45) is 0 Å². The highest BCUT2D eigenvalue weighted by molar-refractivity contribution is 7.14. The molecular weight excluding hydrogens is 402 g/mol. The Kier molecular flexibility index (Phi) is 4.76. The van der Waals surface area contributed by atoms with Crippen LogP contribution >= 0.6 is 11.3 Å². The number of carbonyl (C=O) groups is 2. The SMILES string of the molecule is Cc1ccc(C2C(C(=O)c3sc(C)nc3C)=C(O)C(=O)N2c2ccc(C#N)cc2)o1. The Labute approximate surface area is 176 Å². The standard InChI is InChI=1S/C22H17N3O4S/c1-11-4-9-16(29-11)18-17(19(26)21-12(2)24-13(3)30-21)20(27)22(28)25(18)15-7-5-14(10-23)6-8-15/h4-9,18,27H,1-3H3. The number of nitrogens with zero attached hydrogens (tertiary/aromatic N) is 3. The Morgan fingerprint density at radius 3 is 2.43 bits per heavy atom. The molecule has 3 heterocycles. The van der Waals surface area contributed by atoms with Gasteiger partial charge in [-0.3, -0.25) is 14.5 Å². The van der Waals surface area contributed by atoms with Gasteiger partial charge in [0.1, 0.15) is 17.6 Å². The zero-order valence-electron chi connectivity index (χ0n) is 16.5. The number of aliphatic hydroxyl groups excluding tert-OH is 1. The van der Waals surface area contributed by atoms with Crippen LogP contribution in [-0.2, 0) is 4.79 Å². The largest absolute Gasteiger partial charge is 0.503 e. The number of aliphatic hydroxyl groups is 1. The van der Waals surface area contributed by atoms with Gasteiger partial charge in [0.25, 0.3) is 5.91 Å². The molecule has 7 nitrogen and oxygen atoms in total. The minimum atomic E-state index is -0.937. The Morgan fingerprint density at radius 2 is 1.90 bits per heavy atom. The van der Waals surface area contributed by atoms with E-state index in [0.29, 0.717) is 33.3 Å². The summed E-state index contributed by atoms with van der Waals surface area (Å²) in [4.78, 5) is 32.4. The fourth-order valence-corrected chi connectivity index (χ4v) is 4.41. The molecule has 4 rings (SSSR count). The highest BCUT2D eigenvalue weighted by atomic mass is 32.1. The second-order valence-electron chi connectivity index (χ2n) is 6.92. The first-order valence-corrected chi connectivity index (χ1v) is 9.95. The summed E-state index contributed by atoms with van der Waals surface area (Å²) in [6.45, 7) is 5.27. The molecule has 1 aliphatic rings. The van der Waals surface area contributed by atoms with E-state index < -0.39 is 23.5 Å². The molecule has 0 saturated heterocycles. The van der Waals surface area contributed by atoms with Gasteiger partial charge in [-0.1, -0.05) is 0 Å². The molecule has 0 radical (unpaired) electrons. The van der Waals surface area contributed by atoms with Crippen molar-refractivity contribution in [3.63, 3.8) is 0 Å². The minimum absolute atomic E-state index is 0.0505. The molecule has 30 heavy (non-hydrogen) atoms. The fraction of sp³-hybridized carbons (Fsp3) is 0.182. The summed E-state index contributed by atoms with van der Waals surface area (Å²) in [7, 11) is 0. The third-order valence-corrected chi connectivity index (χ3v) is 5.94. The number of thiazole rings is 1. The fourth-order valence-electron chi connectivity index (χ4n) is 3.53. The molecule has 1 amide bonds. The number of hydrogen-bond acceptors (Lipinski definition) is 7. The summed E-state index contributed by atoms with van der Waals surface area (Å²) < 4.78 is 5.76. The number of hydrogen-bond donors (Lipinski definition) is 1. The number of anilines is 1. The van der Waals surface area contributed by atoms with E-state index in [1.54, 1.807) is 57.2 Å². The molecule has 1 aliphatic heterocycles. The van der Waals surface area contributed by atoms with Crippen molar-refractivity contribution in [3.8, 4) is 6.07 Å². The summed E-state index contributed by atoms with van der Waals surface area (Å²) in [5.74, 6) is -0.814. The topological polar surface area (TPSA) is 107 Å². The molecule has 3 aromatic rings. The molecule has 1 atom stereocenters. The number of carbonyl (C=O) groups excluding carboxylic acids is 2. The zero-order chi connectivity index (χ0) is 21.6. The summed E-state index contributed by atoms with van der Waals surface area (Å²) >= 11 is 1.21. The molecule has 0 spiro atoms. The highest BCUT2D eigenvalue weighted by Gasteiger charge is 2.46. The number of nitriles is 1. The number of aryl methyl sites for hydroxylation is 3. The zero-order valence-corrected chi connectivity index (χ0v) is 17.3. The second-order valence-corrected chi connectivity index (χ2v) is 8.13. The normalized spacial score (nSPS) is 16.3. The molecule has 8 heteroatoms. The predicted molar refractivity (Wildman–Crippen MR) is 110 cm³/mol. The van der Waals surface area contributed by atoms with E-state index in [-0.39, 0.29) is 5.57 Å². The summed E-state index contributed by atoms with van der Waals surface area (Å²) in [6.07, 6.45) is 0. The Bertz CT molecular complexity index is 1240. The molecule has 150 valence electrons. The molecule has 0 aliphatic carbocycles. The van der Waals surface area contributed by atoms with Gasteiger partial charge in [-0.2, -0.15) is 5.26 Å². The van der Waals surface area contributed by atoms with Crippen LogP contribution in [0.15, 0.2) is 52.1 Å². The maximum atomic E-state index is 13.4. The lowest BCUT2D eigenvalue weighted by atomic mass is 9.99. The molecule has 0 fully saturated rings. The molecule has 1 unspecified atom stereocenters. The van der Waals surface area contributed by atoms with Gasteiger partial charge in [0.05, 0.1) is 32.8 Å². The monoisotopic (exact) mass is 419 g/mol. The third kappa shape index (κ3) is 3.09. The van der Waals surface area contributed by atoms with Crippen LogP contribution in [0, 0.1) is 32.1 Å². The number of furan rings is 1. The molecule has 0 saturated carbocycles. The first-order valence-electron chi connectivity index (χ1n) is 9.13. The van der Waals surface area contributed by atoms with Crippen molar-refractivity contribution < 1.29 is 19.1 Å². The number of amides is 1. The quantitative estimate of drug-likeness (QED) is 0.631. The van der Waals surface area contributed by atoms with E-state index in [1.165, 1.54) is 16.2 Å². The number of Topliss-reactive ketones (excluding diaryl/α,β-unsaturated/α-hetero) is 1. The molecule has 2 aromatic heterocycles. The highest BCUT2D eigenvalue weighted by Crippen LogP contribution is 2.43. The van der Waals surface area contributed by atoms with E-state index in [2.05, 4.69) is 4.98 Å². The molecule has 1 aromatic carbocycles. The lowest BCUT2D eigenvalue weighted by Gasteiger charge is -2.25. The maximum absolute atomic E-state index is 13.4. The van der Waals surface area contributed by atoms with E-state index in [0.717, 1.165) is 5.01 Å². The summed E-state index contributed by atoms with van der Waals surface area (Å²) in [5, 5.41) is 20.5. The molecular formula is C22H17N3O4S. The van der Waals surface area contributed by atoms with Crippen LogP contribution in [0.25, 0.3) is 0 Å². The van der Waals surface area contributed by atoms with Gasteiger partial charge in [-0.05, 0) is 57.2 Å². The summed E-state index contributed by atoms with van der Waals surface area (Å²) in [5.41, 5.74) is 1.36. The van der Waals surface area contributed by atoms with E-state index in [9.17, 15) is 14.7 Å². The van der Waals surface area contributed by atoms with Crippen molar-refractivity contribution in [1.82, 2.24) is 4.98 Å². The van der Waals surface area contributed by atoms with Gasteiger partial charge in [0.2, 0.25) is 5.78 Å². The predicted octanol–water partition coefficient (Wildman–Crippen LogP) is 4.32. The number of ketones is 1. The molecule has 1 N–H and O–H groups in total. The second kappa shape index (κ2) is 7.28. The van der Waals surface area contributed by atoms with Gasteiger partial charge in [-0.25, -0.2) is 4.98 Å². The first-order chi connectivity index (χ1) is 14.3. The van der Waals surface area contributed by atoms with Gasteiger partial charge >= 0.3 is 0 Å². The Hall–Kier alpha value is -3.70. The van der Waals surface area contributed by atoms with Crippen LogP contribution in [0.4, 0.5) is 5.69 Å². The van der Waals surface area contributed by atoms with Crippen molar-refractivity contribution in [2.75, 3.05) is 4.90 Å².